The first-order valence-electron chi connectivity index (χ1n) is 23.3. The number of carbonyl (C=O) groups is 6. The molecule has 0 fully saturated rings. The summed E-state index contributed by atoms with van der Waals surface area (Å²) in [5.74, 6) is -4.59. The second-order valence-corrected chi connectivity index (χ2v) is 14.6. The molecule has 392 valence electrons. The fraction of sp³-hybridized carbons (Fsp3) is 0.860. The molecular formula is C43H81N5O19. The number of amides is 4. The molecule has 0 aliphatic heterocycles. The Morgan fingerprint density at radius 3 is 1.10 bits per heavy atom. The fourth-order valence-electron chi connectivity index (χ4n) is 5.43. The molecule has 8 N–H and O–H groups in total. The highest BCUT2D eigenvalue weighted by atomic mass is 16.6. The largest absolute Gasteiger partial charge is 0.481 e. The van der Waals surface area contributed by atoms with E-state index in [1.54, 1.807) is 0 Å². The van der Waals surface area contributed by atoms with Crippen molar-refractivity contribution in [2.75, 3.05) is 158 Å². The van der Waals surface area contributed by atoms with Crippen molar-refractivity contribution in [2.24, 2.45) is 0 Å². The summed E-state index contributed by atoms with van der Waals surface area (Å²) >= 11 is 0. The van der Waals surface area contributed by atoms with E-state index in [2.05, 4.69) is 28.2 Å². The van der Waals surface area contributed by atoms with Gasteiger partial charge in [-0.3, -0.25) is 14.4 Å². The van der Waals surface area contributed by atoms with E-state index >= 15 is 0 Å². The van der Waals surface area contributed by atoms with Gasteiger partial charge in [0.15, 0.2) is 0 Å². The monoisotopic (exact) mass is 972 g/mol. The lowest BCUT2D eigenvalue weighted by Gasteiger charge is -2.18. The lowest BCUT2D eigenvalue weighted by molar-refractivity contribution is -0.141. The highest BCUT2D eigenvalue weighted by molar-refractivity contribution is 5.86. The Morgan fingerprint density at radius 1 is 0.388 bits per heavy atom. The number of carboxylic acids is 3. The van der Waals surface area contributed by atoms with Crippen molar-refractivity contribution >= 4 is 35.8 Å². The molecule has 0 saturated carbocycles. The van der Waals surface area contributed by atoms with Crippen molar-refractivity contribution < 1.29 is 91.5 Å². The smallest absolute Gasteiger partial charge is 0.326 e. The van der Waals surface area contributed by atoms with Crippen molar-refractivity contribution in [1.82, 2.24) is 26.6 Å². The lowest BCUT2D eigenvalue weighted by Crippen LogP contribution is -2.51. The Morgan fingerprint density at radius 2 is 0.716 bits per heavy atom. The molecule has 0 rings (SSSR count). The van der Waals surface area contributed by atoms with E-state index in [1.165, 1.54) is 0 Å². The van der Waals surface area contributed by atoms with Crippen molar-refractivity contribution in [3.05, 3.63) is 0 Å². The number of unbranched alkanes of at least 4 members (excludes halogenated alkanes) is 4. The Labute approximate surface area is 394 Å². The lowest BCUT2D eigenvalue weighted by atomic mass is 10.1. The van der Waals surface area contributed by atoms with Crippen LogP contribution in [0.5, 0.6) is 0 Å². The molecule has 0 aromatic heterocycles. The molecule has 0 saturated heterocycles. The molecule has 0 aliphatic carbocycles. The van der Waals surface area contributed by atoms with Gasteiger partial charge in [0.2, 0.25) is 11.8 Å². The number of likely N-dealkylation sites (N-methyl/N-ethyl adjacent to an activating group) is 1. The first kappa shape index (κ1) is 63.2. The van der Waals surface area contributed by atoms with Gasteiger partial charge in [0.25, 0.3) is 0 Å². The van der Waals surface area contributed by atoms with Crippen LogP contribution in [0.1, 0.15) is 71.1 Å². The van der Waals surface area contributed by atoms with E-state index < -0.39 is 48.4 Å². The summed E-state index contributed by atoms with van der Waals surface area (Å²) in [6, 6.07) is -4.09. The SMILES string of the molecule is CCNCCOCCOCCOCCOCCOCCOCCOCCOCCOCCOCCNC(=O)CCCCCCCNC(=O)CC[C@H](NC(=O)N[C@@H](CCC(=O)O)C(=O)O)C(=O)O. The van der Waals surface area contributed by atoms with Gasteiger partial charge in [0, 0.05) is 38.9 Å². The van der Waals surface area contributed by atoms with E-state index in [0.29, 0.717) is 158 Å². The molecular weight excluding hydrogens is 890 g/mol. The van der Waals surface area contributed by atoms with Gasteiger partial charge in [-0.05, 0) is 32.2 Å². The van der Waals surface area contributed by atoms with Crippen LogP contribution in [0.2, 0.25) is 0 Å². The number of carbonyl (C=O) groups excluding carboxylic acids is 3. The van der Waals surface area contributed by atoms with Gasteiger partial charge in [-0.2, -0.15) is 0 Å². The summed E-state index contributed by atoms with van der Waals surface area (Å²) in [7, 11) is 0. The summed E-state index contributed by atoms with van der Waals surface area (Å²) in [4.78, 5) is 69.8. The second kappa shape index (κ2) is 48.6. The molecule has 4 amide bonds. The Hall–Kier alpha value is -3.82. The summed E-state index contributed by atoms with van der Waals surface area (Å²) in [6.45, 7) is 14.3. The van der Waals surface area contributed by atoms with Crippen molar-refractivity contribution in [1.29, 1.82) is 0 Å². The third-order valence-corrected chi connectivity index (χ3v) is 9.01. The Kier molecular flexibility index (Phi) is 45.9. The molecule has 0 radical (unpaired) electrons. The van der Waals surface area contributed by atoms with E-state index in [4.69, 9.17) is 57.6 Å². The molecule has 0 aromatic carbocycles. The van der Waals surface area contributed by atoms with Crippen LogP contribution in [0.3, 0.4) is 0 Å². The molecule has 0 bridgehead atoms. The molecule has 0 unspecified atom stereocenters. The molecule has 0 aromatic rings. The highest BCUT2D eigenvalue weighted by Gasteiger charge is 2.25. The minimum atomic E-state index is -1.52. The zero-order valence-corrected chi connectivity index (χ0v) is 39.6. The molecule has 67 heavy (non-hydrogen) atoms. The third kappa shape index (κ3) is 47.1. The molecule has 24 nitrogen and oxygen atoms in total. The summed E-state index contributed by atoms with van der Waals surface area (Å²) in [5, 5.41) is 40.1. The maximum atomic E-state index is 12.2. The number of ether oxygens (including phenoxy) is 10. The predicted molar refractivity (Wildman–Crippen MR) is 241 cm³/mol. The van der Waals surface area contributed by atoms with Gasteiger partial charge in [0.1, 0.15) is 12.1 Å². The van der Waals surface area contributed by atoms with E-state index in [-0.39, 0.29) is 25.2 Å². The van der Waals surface area contributed by atoms with Crippen LogP contribution in [-0.4, -0.2) is 221 Å². The first-order valence-corrected chi connectivity index (χ1v) is 23.3. The maximum Gasteiger partial charge on any atom is 0.326 e. The van der Waals surface area contributed by atoms with Crippen molar-refractivity contribution in [2.45, 2.75) is 83.2 Å². The van der Waals surface area contributed by atoms with Gasteiger partial charge in [0.05, 0.1) is 132 Å². The number of rotatable bonds is 52. The van der Waals surface area contributed by atoms with Gasteiger partial charge in [-0.25, -0.2) is 14.4 Å². The van der Waals surface area contributed by atoms with E-state index in [1.807, 2.05) is 5.32 Å². The predicted octanol–water partition coefficient (Wildman–Crippen LogP) is 0.185. The van der Waals surface area contributed by atoms with E-state index in [0.717, 1.165) is 38.8 Å². The summed E-state index contributed by atoms with van der Waals surface area (Å²) in [5.41, 5.74) is 0. The number of hydrogen-bond acceptors (Lipinski definition) is 17. The van der Waals surface area contributed by atoms with Gasteiger partial charge in [-0.1, -0.05) is 26.2 Å². The van der Waals surface area contributed by atoms with Crippen LogP contribution in [0.25, 0.3) is 0 Å². The number of urea groups is 1. The minimum absolute atomic E-state index is 0.0556. The maximum absolute atomic E-state index is 12.2. The Balaban J connectivity index is 3.45. The standard InChI is InChI=1S/C43H81N5O19/c1-2-44-14-16-58-18-20-60-22-24-62-26-28-64-30-32-66-34-35-67-33-31-65-29-27-63-25-23-61-21-19-59-17-15-46-38(49)8-6-4-3-5-7-13-45-39(50)11-9-36(41(53)54)47-43(57)48-37(42(55)56)10-12-40(51)52/h36-37,44H,2-35H2,1H3,(H,45,50)(H,46,49)(H,51,52)(H,53,54)(H,55,56)(H2,47,48,57)/t36-,37-/m0/s1. The summed E-state index contributed by atoms with van der Waals surface area (Å²) in [6.07, 6.45) is 3.01. The average Bonchev–Trinajstić information content (AvgIpc) is 3.29. The molecule has 0 aliphatic rings. The number of aliphatic carboxylic acids is 3. The van der Waals surface area contributed by atoms with Crippen molar-refractivity contribution in [3.8, 4) is 0 Å². The normalized spacial score (nSPS) is 12.1. The molecule has 2 atom stereocenters. The number of carboxylic acid groups (broad SMARTS) is 3. The zero-order chi connectivity index (χ0) is 49.3. The molecule has 0 heterocycles. The summed E-state index contributed by atoms with van der Waals surface area (Å²) < 4.78 is 54.7. The molecule has 0 spiro atoms. The highest BCUT2D eigenvalue weighted by Crippen LogP contribution is 2.06. The van der Waals surface area contributed by atoms with E-state index in [9.17, 15) is 33.9 Å². The van der Waals surface area contributed by atoms with Crippen LogP contribution < -0.4 is 26.6 Å². The van der Waals surface area contributed by atoms with Crippen LogP contribution in [0, 0.1) is 0 Å². The fourth-order valence-corrected chi connectivity index (χ4v) is 5.43. The Bertz CT molecular complexity index is 1240. The van der Waals surface area contributed by atoms with Gasteiger partial charge in [-0.15, -0.1) is 0 Å². The molecule has 24 heteroatoms. The number of nitrogens with one attached hydrogen (secondary N) is 5. The van der Waals surface area contributed by atoms with Crippen LogP contribution in [0.4, 0.5) is 4.79 Å². The van der Waals surface area contributed by atoms with Crippen LogP contribution >= 0.6 is 0 Å². The quantitative estimate of drug-likeness (QED) is 0.0377. The third-order valence-electron chi connectivity index (χ3n) is 9.01. The van der Waals surface area contributed by atoms with Gasteiger partial charge < -0.3 is 89.3 Å². The number of hydrogen-bond donors (Lipinski definition) is 8. The average molecular weight is 972 g/mol. The second-order valence-electron chi connectivity index (χ2n) is 14.6. The van der Waals surface area contributed by atoms with Crippen molar-refractivity contribution in [3.63, 3.8) is 0 Å². The first-order chi connectivity index (χ1) is 32.6. The van der Waals surface area contributed by atoms with Gasteiger partial charge >= 0.3 is 23.9 Å². The topological polar surface area (TPSA) is 316 Å². The minimum Gasteiger partial charge on any atom is -0.481 e. The van der Waals surface area contributed by atoms with Crippen LogP contribution in [0.15, 0.2) is 0 Å². The van der Waals surface area contributed by atoms with Crippen LogP contribution in [-0.2, 0) is 71.3 Å². The zero-order valence-electron chi connectivity index (χ0n) is 39.6.